The quantitative estimate of drug-likeness (QED) is 0.440. The zero-order valence-corrected chi connectivity index (χ0v) is 19.3. The maximum Gasteiger partial charge on any atom is 0.267 e. The van der Waals surface area contributed by atoms with Gasteiger partial charge in [-0.05, 0) is 37.6 Å². The van der Waals surface area contributed by atoms with Crippen LogP contribution in [-0.4, -0.2) is 60.7 Å². The Kier molecular flexibility index (Phi) is 6.18. The molecule has 0 atom stereocenters. The van der Waals surface area contributed by atoms with Crippen LogP contribution < -0.4 is 10.3 Å². The molecule has 0 aliphatic carbocycles. The summed E-state index contributed by atoms with van der Waals surface area (Å²) < 4.78 is 9.22. The molecule has 1 fully saturated rings. The van der Waals surface area contributed by atoms with E-state index in [0.717, 1.165) is 42.6 Å². The molecule has 5 rings (SSSR count). The van der Waals surface area contributed by atoms with Gasteiger partial charge in [-0.25, -0.2) is 14.6 Å². The van der Waals surface area contributed by atoms with E-state index in [0.29, 0.717) is 23.8 Å². The van der Waals surface area contributed by atoms with Gasteiger partial charge in [0.25, 0.3) is 5.56 Å². The normalized spacial score (nSPS) is 14.9. The fraction of sp³-hybridized carbons (Fsp3) is 0.320. The molecule has 0 N–H and O–H groups in total. The Balaban J connectivity index is 1.31. The van der Waals surface area contributed by atoms with E-state index in [4.69, 9.17) is 4.74 Å². The Hall–Kier alpha value is -3.85. The van der Waals surface area contributed by atoms with Gasteiger partial charge in [0.05, 0.1) is 30.8 Å². The van der Waals surface area contributed by atoms with Gasteiger partial charge in [-0.3, -0.25) is 9.48 Å². The second kappa shape index (κ2) is 9.56. The lowest BCUT2D eigenvalue weighted by Crippen LogP contribution is -2.35. The van der Waals surface area contributed by atoms with Crippen LogP contribution >= 0.6 is 0 Å². The number of hydrogen-bond acceptors (Lipinski definition) is 7. The van der Waals surface area contributed by atoms with Crippen molar-refractivity contribution in [1.82, 2.24) is 34.4 Å². The molecule has 4 heterocycles. The van der Waals surface area contributed by atoms with Crippen molar-refractivity contribution in [2.24, 2.45) is 7.05 Å². The van der Waals surface area contributed by atoms with Gasteiger partial charge in [0.1, 0.15) is 6.10 Å². The minimum absolute atomic E-state index is 0.162. The molecule has 9 heteroatoms. The predicted molar refractivity (Wildman–Crippen MR) is 128 cm³/mol. The van der Waals surface area contributed by atoms with E-state index in [1.54, 1.807) is 29.3 Å². The third-order valence-corrected chi connectivity index (χ3v) is 5.98. The monoisotopic (exact) mass is 457 g/mol. The summed E-state index contributed by atoms with van der Waals surface area (Å²) in [5, 5.41) is 8.71. The minimum Gasteiger partial charge on any atom is -0.487 e. The summed E-state index contributed by atoms with van der Waals surface area (Å²) in [5.74, 6) is 1.31. The van der Waals surface area contributed by atoms with Gasteiger partial charge in [0.2, 0.25) is 0 Å². The molecule has 3 aromatic heterocycles. The van der Waals surface area contributed by atoms with Crippen LogP contribution in [0.1, 0.15) is 18.4 Å². The summed E-state index contributed by atoms with van der Waals surface area (Å²) >= 11 is 0. The van der Waals surface area contributed by atoms with E-state index >= 15 is 0 Å². The SMILES string of the molecule is CN1CCC(Oc2cnc(-c3cccc(Cn4nc(-c5cnn(C)c5)ccc4=O)c3)nc2)CC1. The van der Waals surface area contributed by atoms with Gasteiger partial charge < -0.3 is 9.64 Å². The highest BCUT2D eigenvalue weighted by Gasteiger charge is 2.18. The van der Waals surface area contributed by atoms with Crippen molar-refractivity contribution in [3.8, 4) is 28.4 Å². The molecule has 9 nitrogen and oxygen atoms in total. The van der Waals surface area contributed by atoms with Crippen LogP contribution in [0.4, 0.5) is 0 Å². The molecule has 174 valence electrons. The lowest BCUT2D eigenvalue weighted by Gasteiger charge is -2.29. The van der Waals surface area contributed by atoms with Crippen molar-refractivity contribution in [2.45, 2.75) is 25.5 Å². The van der Waals surface area contributed by atoms with Crippen molar-refractivity contribution >= 4 is 0 Å². The molecule has 1 aliphatic heterocycles. The van der Waals surface area contributed by atoms with E-state index in [9.17, 15) is 4.79 Å². The van der Waals surface area contributed by atoms with Crippen LogP contribution in [0, 0.1) is 0 Å². The number of aryl methyl sites for hydroxylation is 1. The number of hydrogen-bond donors (Lipinski definition) is 0. The highest BCUT2D eigenvalue weighted by Crippen LogP contribution is 2.21. The number of ether oxygens (including phenoxy) is 1. The average Bonchev–Trinajstić information content (AvgIpc) is 3.29. The average molecular weight is 458 g/mol. The molecule has 34 heavy (non-hydrogen) atoms. The Labute approximate surface area is 197 Å². The summed E-state index contributed by atoms with van der Waals surface area (Å²) in [6.07, 6.45) is 9.30. The third-order valence-electron chi connectivity index (χ3n) is 5.98. The van der Waals surface area contributed by atoms with Gasteiger partial charge in [-0.1, -0.05) is 18.2 Å². The van der Waals surface area contributed by atoms with Crippen LogP contribution in [0.5, 0.6) is 5.75 Å². The topological polar surface area (TPSA) is 91.0 Å². The lowest BCUT2D eigenvalue weighted by molar-refractivity contribution is 0.113. The smallest absolute Gasteiger partial charge is 0.267 e. The number of aromatic nitrogens is 6. The first kappa shape index (κ1) is 22.0. The van der Waals surface area contributed by atoms with Crippen LogP contribution in [0.25, 0.3) is 22.6 Å². The molecule has 0 unspecified atom stereocenters. The zero-order chi connectivity index (χ0) is 23.5. The summed E-state index contributed by atoms with van der Waals surface area (Å²) in [5.41, 5.74) is 3.21. The zero-order valence-electron chi connectivity index (χ0n) is 19.3. The largest absolute Gasteiger partial charge is 0.487 e. The molecular formula is C25H27N7O2. The number of likely N-dealkylation sites (tertiary alicyclic amines) is 1. The Morgan fingerprint density at radius 2 is 1.79 bits per heavy atom. The van der Waals surface area contributed by atoms with Crippen molar-refractivity contribution in [2.75, 3.05) is 20.1 Å². The van der Waals surface area contributed by atoms with E-state index in [1.807, 2.05) is 37.5 Å². The molecular weight excluding hydrogens is 430 g/mol. The summed E-state index contributed by atoms with van der Waals surface area (Å²) in [6.45, 7) is 2.43. The van der Waals surface area contributed by atoms with Gasteiger partial charge in [-0.2, -0.15) is 10.2 Å². The predicted octanol–water partition coefficient (Wildman–Crippen LogP) is 2.62. The van der Waals surface area contributed by atoms with Gasteiger partial charge >= 0.3 is 0 Å². The fourth-order valence-electron chi connectivity index (χ4n) is 4.07. The first-order valence-corrected chi connectivity index (χ1v) is 11.4. The maximum absolute atomic E-state index is 12.4. The second-order valence-electron chi connectivity index (χ2n) is 8.68. The first-order valence-electron chi connectivity index (χ1n) is 11.4. The maximum atomic E-state index is 12.4. The molecule has 0 radical (unpaired) electrons. The number of piperidine rings is 1. The Bertz CT molecular complexity index is 1320. The molecule has 0 spiro atoms. The van der Waals surface area contributed by atoms with Crippen LogP contribution in [0.2, 0.25) is 0 Å². The summed E-state index contributed by atoms with van der Waals surface area (Å²) in [6, 6.07) is 11.1. The minimum atomic E-state index is -0.162. The third kappa shape index (κ3) is 5.04. The van der Waals surface area contributed by atoms with E-state index in [1.165, 1.54) is 10.7 Å². The Morgan fingerprint density at radius 3 is 2.53 bits per heavy atom. The van der Waals surface area contributed by atoms with Crippen molar-refractivity contribution in [3.63, 3.8) is 0 Å². The first-order chi connectivity index (χ1) is 16.5. The molecule has 0 bridgehead atoms. The summed E-state index contributed by atoms with van der Waals surface area (Å²) in [4.78, 5) is 23.8. The van der Waals surface area contributed by atoms with E-state index in [2.05, 4.69) is 32.1 Å². The van der Waals surface area contributed by atoms with Crippen LogP contribution in [-0.2, 0) is 13.6 Å². The molecule has 4 aromatic rings. The standard InChI is InChI=1S/C25H27N7O2/c1-30-10-8-21(9-11-30)34-22-14-26-25(27-15-22)19-5-3-4-18(12-19)16-32-24(33)7-6-23(29-32)20-13-28-31(2)17-20/h3-7,12-15,17,21H,8-11,16H2,1-2H3. The number of benzene rings is 1. The van der Waals surface area contributed by atoms with Gasteiger partial charge in [0, 0.05) is 43.5 Å². The van der Waals surface area contributed by atoms with Gasteiger partial charge in [0.15, 0.2) is 11.6 Å². The van der Waals surface area contributed by atoms with Crippen LogP contribution in [0.15, 0.2) is 66.0 Å². The molecule has 1 saturated heterocycles. The van der Waals surface area contributed by atoms with Crippen molar-refractivity contribution in [3.05, 3.63) is 77.1 Å². The molecule has 0 amide bonds. The highest BCUT2D eigenvalue weighted by atomic mass is 16.5. The lowest BCUT2D eigenvalue weighted by atomic mass is 10.1. The molecule has 1 aliphatic rings. The second-order valence-corrected chi connectivity index (χ2v) is 8.68. The molecule has 0 saturated carbocycles. The fourth-order valence-corrected chi connectivity index (χ4v) is 4.07. The van der Waals surface area contributed by atoms with Gasteiger partial charge in [-0.15, -0.1) is 0 Å². The number of rotatable bonds is 6. The number of nitrogens with zero attached hydrogens (tertiary/aromatic N) is 7. The van der Waals surface area contributed by atoms with E-state index < -0.39 is 0 Å². The Morgan fingerprint density at radius 1 is 1.00 bits per heavy atom. The van der Waals surface area contributed by atoms with E-state index in [-0.39, 0.29) is 11.7 Å². The van der Waals surface area contributed by atoms with Crippen LogP contribution in [0.3, 0.4) is 0 Å². The van der Waals surface area contributed by atoms with Crippen molar-refractivity contribution in [1.29, 1.82) is 0 Å². The summed E-state index contributed by atoms with van der Waals surface area (Å²) in [7, 11) is 3.98. The highest BCUT2D eigenvalue weighted by molar-refractivity contribution is 5.57. The molecule has 1 aromatic carbocycles. The van der Waals surface area contributed by atoms with Crippen molar-refractivity contribution < 1.29 is 4.74 Å².